The van der Waals surface area contributed by atoms with Gasteiger partial charge in [-0.25, -0.2) is 9.59 Å². The summed E-state index contributed by atoms with van der Waals surface area (Å²) in [7, 11) is 0. The minimum absolute atomic E-state index is 0.149. The van der Waals surface area contributed by atoms with Crippen LogP contribution in [-0.2, 0) is 14.3 Å². The van der Waals surface area contributed by atoms with E-state index >= 15 is 0 Å². The van der Waals surface area contributed by atoms with Crippen molar-refractivity contribution in [2.24, 2.45) is 0 Å². The minimum atomic E-state index is -0.677. The quantitative estimate of drug-likeness (QED) is 0.769. The van der Waals surface area contributed by atoms with Crippen LogP contribution in [0.15, 0.2) is 18.2 Å². The van der Waals surface area contributed by atoms with Crippen LogP contribution in [0.25, 0.3) is 0 Å². The van der Waals surface area contributed by atoms with E-state index in [-0.39, 0.29) is 12.6 Å². The molecule has 1 aromatic rings. The molecule has 1 aliphatic rings. The van der Waals surface area contributed by atoms with Crippen LogP contribution in [0, 0.1) is 13.8 Å². The molecule has 124 valence electrons. The number of carbonyl (C=O) groups excluding carboxylic acids is 3. The van der Waals surface area contributed by atoms with Crippen molar-refractivity contribution >= 4 is 17.9 Å². The van der Waals surface area contributed by atoms with Crippen molar-refractivity contribution in [3.63, 3.8) is 0 Å². The topological polar surface area (TPSA) is 93.7 Å². The highest BCUT2D eigenvalue weighted by molar-refractivity contribution is 5.95. The number of urea groups is 1. The first-order valence-electron chi connectivity index (χ1n) is 7.40. The smallest absolute Gasteiger partial charge is 0.344 e. The summed E-state index contributed by atoms with van der Waals surface area (Å²) in [4.78, 5) is 34.4. The van der Waals surface area contributed by atoms with Crippen LogP contribution in [0.5, 0.6) is 5.75 Å². The third-order valence-corrected chi connectivity index (χ3v) is 3.27. The van der Waals surface area contributed by atoms with E-state index in [1.54, 1.807) is 0 Å². The van der Waals surface area contributed by atoms with Crippen molar-refractivity contribution in [3.05, 3.63) is 29.3 Å². The van der Waals surface area contributed by atoms with Gasteiger partial charge < -0.3 is 14.8 Å². The Morgan fingerprint density at radius 2 is 1.78 bits per heavy atom. The summed E-state index contributed by atoms with van der Waals surface area (Å²) in [6.07, 6.45) is 1.85. The fraction of sp³-hybridized carbons (Fsp3) is 0.438. The van der Waals surface area contributed by atoms with E-state index in [0.717, 1.165) is 24.0 Å². The van der Waals surface area contributed by atoms with Gasteiger partial charge in [0.05, 0.1) is 0 Å². The first-order chi connectivity index (χ1) is 11.0. The van der Waals surface area contributed by atoms with Crippen LogP contribution in [0.2, 0.25) is 0 Å². The van der Waals surface area contributed by atoms with E-state index in [1.165, 1.54) is 0 Å². The molecule has 1 fully saturated rings. The molecule has 1 aromatic carbocycles. The molecule has 0 bridgehead atoms. The Kier molecular flexibility index (Phi) is 5.56. The lowest BCUT2D eigenvalue weighted by Crippen LogP contribution is -2.42. The number of imide groups is 1. The maximum absolute atomic E-state index is 11.6. The van der Waals surface area contributed by atoms with Gasteiger partial charge in [-0.1, -0.05) is 18.2 Å². The first-order valence-corrected chi connectivity index (χ1v) is 7.40. The SMILES string of the molecule is Cc1cccc(C)c1OCC(=O)OCC(=O)NC(=O)NC1CC1. The fourth-order valence-electron chi connectivity index (χ4n) is 1.96. The summed E-state index contributed by atoms with van der Waals surface area (Å²) in [5.74, 6) is -0.730. The lowest BCUT2D eigenvalue weighted by Gasteiger charge is -2.11. The second kappa shape index (κ2) is 7.62. The van der Waals surface area contributed by atoms with Gasteiger partial charge in [-0.3, -0.25) is 10.1 Å². The average Bonchev–Trinajstić information content (AvgIpc) is 3.28. The van der Waals surface area contributed by atoms with Gasteiger partial charge in [0.15, 0.2) is 13.2 Å². The Morgan fingerprint density at radius 3 is 2.39 bits per heavy atom. The Bertz CT molecular complexity index is 590. The normalized spacial score (nSPS) is 13.1. The average molecular weight is 320 g/mol. The minimum Gasteiger partial charge on any atom is -0.481 e. The van der Waals surface area contributed by atoms with Gasteiger partial charge in [0.2, 0.25) is 0 Å². The maximum Gasteiger partial charge on any atom is 0.344 e. The predicted molar refractivity (Wildman–Crippen MR) is 82.1 cm³/mol. The molecule has 0 aliphatic heterocycles. The number of amides is 3. The Morgan fingerprint density at radius 1 is 1.13 bits per heavy atom. The molecule has 0 unspecified atom stereocenters. The number of carbonyl (C=O) groups is 3. The molecule has 3 amide bonds. The van der Waals surface area contributed by atoms with Crippen LogP contribution in [0.1, 0.15) is 24.0 Å². The summed E-state index contributed by atoms with van der Waals surface area (Å²) >= 11 is 0. The third-order valence-electron chi connectivity index (χ3n) is 3.27. The molecule has 7 nitrogen and oxygen atoms in total. The van der Waals surface area contributed by atoms with Crippen molar-refractivity contribution in [1.82, 2.24) is 10.6 Å². The zero-order valence-electron chi connectivity index (χ0n) is 13.2. The monoisotopic (exact) mass is 320 g/mol. The number of para-hydroxylation sites is 1. The van der Waals surface area contributed by atoms with E-state index < -0.39 is 24.5 Å². The zero-order chi connectivity index (χ0) is 16.8. The number of rotatable bonds is 6. The van der Waals surface area contributed by atoms with Gasteiger partial charge >= 0.3 is 12.0 Å². The number of ether oxygens (including phenoxy) is 2. The second-order valence-electron chi connectivity index (χ2n) is 5.47. The van der Waals surface area contributed by atoms with Crippen molar-refractivity contribution in [2.45, 2.75) is 32.7 Å². The lowest BCUT2D eigenvalue weighted by molar-refractivity contribution is -0.150. The molecule has 2 N–H and O–H groups in total. The van der Waals surface area contributed by atoms with Gasteiger partial charge in [0, 0.05) is 6.04 Å². The van der Waals surface area contributed by atoms with Gasteiger partial charge in [0.1, 0.15) is 5.75 Å². The number of aryl methyl sites for hydroxylation is 2. The van der Waals surface area contributed by atoms with Crippen molar-refractivity contribution in [3.8, 4) is 5.75 Å². The van der Waals surface area contributed by atoms with Crippen LogP contribution < -0.4 is 15.4 Å². The molecule has 0 atom stereocenters. The summed E-state index contributed by atoms with van der Waals surface area (Å²) in [6.45, 7) is 2.93. The lowest BCUT2D eigenvalue weighted by atomic mass is 10.1. The molecule has 23 heavy (non-hydrogen) atoms. The van der Waals surface area contributed by atoms with Gasteiger partial charge in [-0.05, 0) is 37.8 Å². The number of benzene rings is 1. The van der Waals surface area contributed by atoms with E-state index in [4.69, 9.17) is 9.47 Å². The van der Waals surface area contributed by atoms with Crippen molar-refractivity contribution in [2.75, 3.05) is 13.2 Å². The highest BCUT2D eigenvalue weighted by Gasteiger charge is 2.24. The number of hydrogen-bond donors (Lipinski definition) is 2. The molecular weight excluding hydrogens is 300 g/mol. The van der Waals surface area contributed by atoms with Crippen LogP contribution in [0.4, 0.5) is 4.79 Å². The summed E-state index contributed by atoms with van der Waals surface area (Å²) in [6, 6.07) is 5.22. The number of nitrogens with one attached hydrogen (secondary N) is 2. The number of hydrogen-bond acceptors (Lipinski definition) is 5. The van der Waals surface area contributed by atoms with Gasteiger partial charge in [-0.15, -0.1) is 0 Å². The molecule has 0 spiro atoms. The summed E-state index contributed by atoms with van der Waals surface area (Å²) in [5.41, 5.74) is 1.82. The molecule has 1 aliphatic carbocycles. The second-order valence-corrected chi connectivity index (χ2v) is 5.47. The molecule has 0 radical (unpaired) electrons. The van der Waals surface area contributed by atoms with Crippen LogP contribution in [0.3, 0.4) is 0 Å². The highest BCUT2D eigenvalue weighted by Crippen LogP contribution is 2.22. The largest absolute Gasteiger partial charge is 0.481 e. The van der Waals surface area contributed by atoms with E-state index in [0.29, 0.717) is 5.75 Å². The van der Waals surface area contributed by atoms with Crippen LogP contribution in [-0.4, -0.2) is 37.2 Å². The third kappa shape index (κ3) is 5.61. The van der Waals surface area contributed by atoms with Gasteiger partial charge in [-0.2, -0.15) is 0 Å². The fourth-order valence-corrected chi connectivity index (χ4v) is 1.96. The van der Waals surface area contributed by atoms with E-state index in [2.05, 4.69) is 10.6 Å². The predicted octanol–water partition coefficient (Wildman–Crippen LogP) is 1.21. The summed E-state index contributed by atoms with van der Waals surface area (Å²) < 4.78 is 10.2. The zero-order valence-corrected chi connectivity index (χ0v) is 13.2. The molecule has 0 saturated heterocycles. The first kappa shape index (κ1) is 16.8. The van der Waals surface area contributed by atoms with E-state index in [1.807, 2.05) is 32.0 Å². The van der Waals surface area contributed by atoms with Crippen molar-refractivity contribution in [1.29, 1.82) is 0 Å². The molecule has 2 rings (SSSR count). The molecular formula is C16H20N2O5. The highest BCUT2D eigenvalue weighted by atomic mass is 16.6. The Labute approximate surface area is 134 Å². The van der Waals surface area contributed by atoms with Crippen LogP contribution >= 0.6 is 0 Å². The standard InChI is InChI=1S/C16H20N2O5/c1-10-4-3-5-11(2)15(10)23-9-14(20)22-8-13(19)18-16(21)17-12-6-7-12/h3-5,12H,6-9H2,1-2H3,(H2,17,18,19,21). The number of esters is 1. The van der Waals surface area contributed by atoms with E-state index in [9.17, 15) is 14.4 Å². The Hall–Kier alpha value is -2.57. The summed E-state index contributed by atoms with van der Waals surface area (Å²) in [5, 5.41) is 4.69. The maximum atomic E-state index is 11.6. The Balaban J connectivity index is 1.68. The molecule has 7 heteroatoms. The van der Waals surface area contributed by atoms with Crippen molar-refractivity contribution < 1.29 is 23.9 Å². The molecule has 0 aromatic heterocycles. The van der Waals surface area contributed by atoms with Gasteiger partial charge in [0.25, 0.3) is 5.91 Å². The molecule has 0 heterocycles. The molecule has 1 saturated carbocycles.